The average Bonchev–Trinajstić information content (AvgIpc) is 1.96. The normalized spacial score (nSPS) is 62.5. The molecule has 4 rings (SSSR count). The van der Waals surface area contributed by atoms with Gasteiger partial charge < -0.3 is 10.8 Å². The molecule has 4 saturated carbocycles. The summed E-state index contributed by atoms with van der Waals surface area (Å²) in [6, 6.07) is 0.404. The lowest BCUT2D eigenvalue weighted by atomic mass is 9.52. The predicted octanol–water partition coefficient (Wildman–Crippen LogP) is 0.885. The number of aliphatic hydroxyl groups is 1. The highest BCUT2D eigenvalue weighted by atomic mass is 16.3. The Morgan fingerprint density at radius 3 is 2.17 bits per heavy atom. The van der Waals surface area contributed by atoms with Crippen LogP contribution in [0.25, 0.3) is 0 Å². The summed E-state index contributed by atoms with van der Waals surface area (Å²) in [7, 11) is 0. The lowest BCUT2D eigenvalue weighted by Gasteiger charge is -2.57. The summed E-state index contributed by atoms with van der Waals surface area (Å²) in [5.41, 5.74) is 5.82. The fourth-order valence-corrected chi connectivity index (χ4v) is 4.02. The lowest BCUT2D eigenvalue weighted by Crippen LogP contribution is -2.59. The van der Waals surface area contributed by atoms with Crippen LogP contribution in [0.1, 0.15) is 32.1 Å². The Morgan fingerprint density at radius 1 is 1.08 bits per heavy atom. The van der Waals surface area contributed by atoms with Crippen molar-refractivity contribution in [2.24, 2.45) is 23.5 Å². The van der Waals surface area contributed by atoms with Gasteiger partial charge in [0.15, 0.2) is 0 Å². The van der Waals surface area contributed by atoms with Gasteiger partial charge in [0, 0.05) is 6.04 Å². The quantitative estimate of drug-likeness (QED) is 0.562. The smallest absolute Gasteiger partial charge is 0.0657 e. The van der Waals surface area contributed by atoms with Gasteiger partial charge in [0.25, 0.3) is 0 Å². The Labute approximate surface area is 73.1 Å². The van der Waals surface area contributed by atoms with Crippen molar-refractivity contribution in [3.63, 3.8) is 0 Å². The highest BCUT2D eigenvalue weighted by molar-refractivity contribution is 5.06. The molecule has 0 amide bonds. The fourth-order valence-electron chi connectivity index (χ4n) is 4.02. The van der Waals surface area contributed by atoms with Crippen molar-refractivity contribution in [1.82, 2.24) is 0 Å². The maximum Gasteiger partial charge on any atom is 0.0657 e. The predicted molar refractivity (Wildman–Crippen MR) is 46.5 cm³/mol. The maximum absolute atomic E-state index is 10.2. The lowest BCUT2D eigenvalue weighted by molar-refractivity contribution is -0.132. The van der Waals surface area contributed by atoms with Crippen LogP contribution < -0.4 is 5.73 Å². The molecule has 0 aliphatic heterocycles. The van der Waals surface area contributed by atoms with E-state index in [1.165, 1.54) is 12.8 Å². The van der Waals surface area contributed by atoms with Crippen molar-refractivity contribution in [1.29, 1.82) is 0 Å². The summed E-state index contributed by atoms with van der Waals surface area (Å²) < 4.78 is 0. The van der Waals surface area contributed by atoms with Gasteiger partial charge >= 0.3 is 0 Å². The zero-order chi connectivity index (χ0) is 8.34. The minimum absolute atomic E-state index is 0.299. The Hall–Kier alpha value is -0.0800. The first-order valence-electron chi connectivity index (χ1n) is 5.14. The number of hydrogen-bond donors (Lipinski definition) is 2. The van der Waals surface area contributed by atoms with E-state index in [9.17, 15) is 5.11 Å². The third kappa shape index (κ3) is 0.826. The zero-order valence-electron chi connectivity index (χ0n) is 7.37. The summed E-state index contributed by atoms with van der Waals surface area (Å²) in [5.74, 6) is 2.08. The first-order valence-corrected chi connectivity index (χ1v) is 5.14. The molecular weight excluding hydrogens is 150 g/mol. The monoisotopic (exact) mass is 167 g/mol. The highest BCUT2D eigenvalue weighted by Gasteiger charge is 2.53. The van der Waals surface area contributed by atoms with E-state index >= 15 is 0 Å². The van der Waals surface area contributed by atoms with E-state index in [0.29, 0.717) is 17.9 Å². The molecule has 0 heterocycles. The van der Waals surface area contributed by atoms with Gasteiger partial charge in [-0.25, -0.2) is 0 Å². The molecule has 4 fully saturated rings. The van der Waals surface area contributed by atoms with Crippen molar-refractivity contribution in [2.75, 3.05) is 0 Å². The number of hydrogen-bond acceptors (Lipinski definition) is 2. The SMILES string of the molecule is NC1C2CC3C[C@@H]1CC(O)(C3)C2. The fraction of sp³-hybridized carbons (Fsp3) is 1.00. The molecule has 0 spiro atoms. The molecule has 12 heavy (non-hydrogen) atoms. The largest absolute Gasteiger partial charge is 0.390 e. The van der Waals surface area contributed by atoms with Crippen molar-refractivity contribution in [3.8, 4) is 0 Å². The standard InChI is InChI=1S/C10H17NO/c11-9-7-1-6-2-8(9)5-10(12,3-6)4-7/h6-9,12H,1-5,11H2/t6?,7-,8?,9?,10?/m1/s1. The molecule has 0 aromatic carbocycles. The summed E-state index contributed by atoms with van der Waals surface area (Å²) in [6.07, 6.45) is 5.62. The van der Waals surface area contributed by atoms with Gasteiger partial charge in [-0.15, -0.1) is 0 Å². The third-order valence-electron chi connectivity index (χ3n) is 4.31. The molecule has 0 aromatic rings. The Bertz CT molecular complexity index is 200. The van der Waals surface area contributed by atoms with Crippen LogP contribution in [0, 0.1) is 17.8 Å². The van der Waals surface area contributed by atoms with Crippen LogP contribution in [0.3, 0.4) is 0 Å². The van der Waals surface area contributed by atoms with Crippen LogP contribution in [-0.2, 0) is 0 Å². The van der Waals surface area contributed by atoms with Crippen molar-refractivity contribution in [3.05, 3.63) is 0 Å². The second-order valence-electron chi connectivity index (χ2n) is 5.27. The molecule has 4 unspecified atom stereocenters. The Balaban J connectivity index is 1.95. The second kappa shape index (κ2) is 2.05. The summed E-state index contributed by atoms with van der Waals surface area (Å²) in [4.78, 5) is 0. The van der Waals surface area contributed by atoms with E-state index in [1.54, 1.807) is 0 Å². The first kappa shape index (κ1) is 7.34. The van der Waals surface area contributed by atoms with Crippen LogP contribution >= 0.6 is 0 Å². The van der Waals surface area contributed by atoms with E-state index in [1.807, 2.05) is 0 Å². The molecule has 2 heteroatoms. The minimum atomic E-state index is -0.299. The molecule has 68 valence electrons. The Morgan fingerprint density at radius 2 is 1.67 bits per heavy atom. The van der Waals surface area contributed by atoms with Gasteiger partial charge in [0.05, 0.1) is 5.60 Å². The van der Waals surface area contributed by atoms with Crippen LogP contribution in [0.5, 0.6) is 0 Å². The summed E-state index contributed by atoms with van der Waals surface area (Å²) >= 11 is 0. The van der Waals surface area contributed by atoms with Crippen LogP contribution in [0.15, 0.2) is 0 Å². The molecule has 4 aliphatic rings. The highest BCUT2D eigenvalue weighted by Crippen LogP contribution is 2.54. The third-order valence-corrected chi connectivity index (χ3v) is 4.31. The minimum Gasteiger partial charge on any atom is -0.390 e. The van der Waals surface area contributed by atoms with Gasteiger partial charge in [-0.1, -0.05) is 0 Å². The van der Waals surface area contributed by atoms with E-state index in [4.69, 9.17) is 5.73 Å². The number of rotatable bonds is 0. The molecular formula is C10H17NO. The van der Waals surface area contributed by atoms with E-state index in [-0.39, 0.29) is 5.60 Å². The van der Waals surface area contributed by atoms with E-state index in [2.05, 4.69) is 0 Å². The van der Waals surface area contributed by atoms with Crippen LogP contribution in [-0.4, -0.2) is 16.7 Å². The van der Waals surface area contributed by atoms with E-state index in [0.717, 1.165) is 25.2 Å². The molecule has 2 nitrogen and oxygen atoms in total. The molecule has 0 saturated heterocycles. The molecule has 0 radical (unpaired) electrons. The van der Waals surface area contributed by atoms with Gasteiger partial charge in [0.1, 0.15) is 0 Å². The van der Waals surface area contributed by atoms with Crippen LogP contribution in [0.2, 0.25) is 0 Å². The van der Waals surface area contributed by atoms with Crippen molar-refractivity contribution >= 4 is 0 Å². The van der Waals surface area contributed by atoms with E-state index < -0.39 is 0 Å². The van der Waals surface area contributed by atoms with Gasteiger partial charge in [0.2, 0.25) is 0 Å². The van der Waals surface area contributed by atoms with Gasteiger partial charge in [-0.3, -0.25) is 0 Å². The molecule has 5 atom stereocenters. The summed E-state index contributed by atoms with van der Waals surface area (Å²) in [6.45, 7) is 0. The average molecular weight is 167 g/mol. The Kier molecular flexibility index (Phi) is 1.25. The summed E-state index contributed by atoms with van der Waals surface area (Å²) in [5, 5.41) is 10.2. The van der Waals surface area contributed by atoms with Crippen molar-refractivity contribution < 1.29 is 5.11 Å². The molecule has 4 aliphatic carbocycles. The molecule has 3 N–H and O–H groups in total. The zero-order valence-corrected chi connectivity index (χ0v) is 7.37. The number of nitrogens with two attached hydrogens (primary N) is 1. The van der Waals surface area contributed by atoms with Crippen molar-refractivity contribution in [2.45, 2.75) is 43.7 Å². The first-order chi connectivity index (χ1) is 5.66. The van der Waals surface area contributed by atoms with Gasteiger partial charge in [-0.05, 0) is 49.9 Å². The molecule has 4 bridgehead atoms. The van der Waals surface area contributed by atoms with Gasteiger partial charge in [-0.2, -0.15) is 0 Å². The maximum atomic E-state index is 10.2. The topological polar surface area (TPSA) is 46.2 Å². The second-order valence-corrected chi connectivity index (χ2v) is 5.27. The van der Waals surface area contributed by atoms with Crippen LogP contribution in [0.4, 0.5) is 0 Å². The molecule has 0 aromatic heterocycles.